The van der Waals surface area contributed by atoms with Gasteiger partial charge < -0.3 is 4.98 Å². The molecule has 4 aromatic rings. The van der Waals surface area contributed by atoms with E-state index >= 15 is 0 Å². The molecule has 9 nitrogen and oxygen atoms in total. The lowest BCUT2D eigenvalue weighted by molar-refractivity contribution is -0.383. The van der Waals surface area contributed by atoms with Crippen LogP contribution in [0.15, 0.2) is 48.0 Å². The predicted octanol–water partition coefficient (Wildman–Crippen LogP) is 4.00. The second-order valence-electron chi connectivity index (χ2n) is 5.66. The molecule has 0 aliphatic heterocycles. The van der Waals surface area contributed by atoms with Crippen LogP contribution in [0.5, 0.6) is 0 Å². The van der Waals surface area contributed by atoms with Crippen LogP contribution in [0.2, 0.25) is 5.15 Å². The molecular weight excluding hydrogens is 404 g/mol. The second-order valence-corrected chi connectivity index (χ2v) is 6.91. The molecule has 0 bridgehead atoms. The third kappa shape index (κ3) is 3.50. The summed E-state index contributed by atoms with van der Waals surface area (Å²) in [4.78, 5) is 34.2. The largest absolute Gasteiger partial charge is 0.350 e. The van der Waals surface area contributed by atoms with Crippen LogP contribution in [-0.2, 0) is 0 Å². The number of benzene rings is 1. The van der Waals surface area contributed by atoms with Crippen LogP contribution in [0.4, 0.5) is 10.8 Å². The molecule has 3 heterocycles. The first-order valence-corrected chi connectivity index (χ1v) is 9.17. The van der Waals surface area contributed by atoms with Crippen LogP contribution in [0.25, 0.3) is 22.2 Å². The predicted molar refractivity (Wildman–Crippen MR) is 106 cm³/mol. The van der Waals surface area contributed by atoms with E-state index in [1.165, 1.54) is 23.5 Å². The molecule has 0 fully saturated rings. The van der Waals surface area contributed by atoms with Gasteiger partial charge in [-0.25, -0.2) is 9.97 Å². The van der Waals surface area contributed by atoms with Gasteiger partial charge in [0.05, 0.1) is 21.5 Å². The quantitative estimate of drug-likeness (QED) is 0.257. The van der Waals surface area contributed by atoms with Gasteiger partial charge in [0.1, 0.15) is 10.8 Å². The van der Waals surface area contributed by atoms with Crippen molar-refractivity contribution in [2.24, 2.45) is 0 Å². The topological polar surface area (TPSA) is 126 Å². The van der Waals surface area contributed by atoms with E-state index in [2.05, 4.69) is 25.8 Å². The van der Waals surface area contributed by atoms with E-state index in [0.29, 0.717) is 26.9 Å². The van der Waals surface area contributed by atoms with Crippen molar-refractivity contribution in [2.45, 2.75) is 0 Å². The average molecular weight is 415 g/mol. The highest BCUT2D eigenvalue weighted by atomic mass is 35.5. The molecule has 11 heteroatoms. The number of carbonyl (C=O) groups is 1. The Bertz CT molecular complexity index is 1200. The molecule has 1 amide bonds. The van der Waals surface area contributed by atoms with Crippen molar-refractivity contribution in [3.05, 3.63) is 68.9 Å². The minimum atomic E-state index is -0.488. The van der Waals surface area contributed by atoms with E-state index in [0.717, 1.165) is 5.56 Å². The number of aromatic amines is 1. The third-order valence-corrected chi connectivity index (χ3v) is 4.86. The summed E-state index contributed by atoms with van der Waals surface area (Å²) >= 11 is 7.18. The summed E-state index contributed by atoms with van der Waals surface area (Å²) < 4.78 is 0. The van der Waals surface area contributed by atoms with Crippen molar-refractivity contribution < 1.29 is 9.72 Å². The average Bonchev–Trinajstić information content (AvgIpc) is 3.32. The molecule has 0 radical (unpaired) electrons. The number of non-ortho nitro benzene ring substituents is 1. The number of thiazole rings is 1. The number of nitrogens with one attached hydrogen (secondary N) is 3. The molecule has 0 saturated carbocycles. The number of hydrazine groups is 1. The summed E-state index contributed by atoms with van der Waals surface area (Å²) in [6.07, 6.45) is 1.58. The zero-order valence-corrected chi connectivity index (χ0v) is 15.5. The molecule has 3 aromatic heterocycles. The van der Waals surface area contributed by atoms with Crippen molar-refractivity contribution in [3.63, 3.8) is 0 Å². The Kier molecular flexibility index (Phi) is 4.63. The van der Waals surface area contributed by atoms with Crippen LogP contribution in [0.1, 0.15) is 10.5 Å². The number of hydrogen-bond acceptors (Lipinski definition) is 7. The van der Waals surface area contributed by atoms with Crippen LogP contribution >= 0.6 is 22.9 Å². The number of rotatable bonds is 5. The van der Waals surface area contributed by atoms with Crippen LogP contribution in [0.3, 0.4) is 0 Å². The lowest BCUT2D eigenvalue weighted by atomic mass is 10.2. The summed E-state index contributed by atoms with van der Waals surface area (Å²) in [6.45, 7) is 0. The number of hydrogen-bond donors (Lipinski definition) is 3. The number of carbonyl (C=O) groups excluding carboxylic acids is 1. The first-order chi connectivity index (χ1) is 13.5. The lowest BCUT2D eigenvalue weighted by Crippen LogP contribution is -2.29. The molecule has 0 aliphatic carbocycles. The van der Waals surface area contributed by atoms with Gasteiger partial charge in [0.25, 0.3) is 11.6 Å². The molecule has 0 saturated heterocycles. The zero-order chi connectivity index (χ0) is 19.7. The highest BCUT2D eigenvalue weighted by molar-refractivity contribution is 7.14. The molecule has 0 aliphatic rings. The van der Waals surface area contributed by atoms with Gasteiger partial charge in [-0.05, 0) is 24.3 Å². The number of nitro benzene ring substituents is 1. The highest BCUT2D eigenvalue weighted by Gasteiger charge is 2.17. The van der Waals surface area contributed by atoms with E-state index in [1.54, 1.807) is 30.5 Å². The van der Waals surface area contributed by atoms with Gasteiger partial charge >= 0.3 is 0 Å². The van der Waals surface area contributed by atoms with Crippen molar-refractivity contribution in [1.82, 2.24) is 20.4 Å². The summed E-state index contributed by atoms with van der Waals surface area (Å²) in [5.41, 5.74) is 7.37. The standard InChI is InChI=1S/C17H11ClN6O3S/c18-15-6-9(4-5-19-15)13-8-28-17(21-13)23-22-16(25)12-7-10-11(20-12)2-1-3-14(10)24(26)27/h1-8,20H,(H,21,23)(H,22,25). The normalized spacial score (nSPS) is 10.8. The Morgan fingerprint density at radius 2 is 2.14 bits per heavy atom. The fourth-order valence-corrected chi connectivity index (χ4v) is 3.47. The lowest BCUT2D eigenvalue weighted by Gasteiger charge is -2.03. The Morgan fingerprint density at radius 3 is 2.93 bits per heavy atom. The fourth-order valence-electron chi connectivity index (χ4n) is 2.62. The molecule has 3 N–H and O–H groups in total. The molecule has 28 heavy (non-hydrogen) atoms. The first kappa shape index (κ1) is 17.9. The SMILES string of the molecule is O=C(NNc1nc(-c2ccnc(Cl)c2)cs1)c1cc2c([N+](=O)[O-])cccc2[nH]1. The maximum Gasteiger partial charge on any atom is 0.286 e. The molecule has 0 unspecified atom stereocenters. The van der Waals surface area contributed by atoms with Crippen molar-refractivity contribution in [1.29, 1.82) is 0 Å². The number of halogens is 1. The monoisotopic (exact) mass is 414 g/mol. The Balaban J connectivity index is 1.49. The maximum atomic E-state index is 12.4. The number of fused-ring (bicyclic) bond motifs is 1. The van der Waals surface area contributed by atoms with Crippen LogP contribution in [0, 0.1) is 10.1 Å². The Morgan fingerprint density at radius 1 is 1.29 bits per heavy atom. The first-order valence-electron chi connectivity index (χ1n) is 7.91. The second kappa shape index (κ2) is 7.25. The molecular formula is C17H11ClN6O3S. The van der Waals surface area contributed by atoms with E-state index in [-0.39, 0.29) is 11.4 Å². The fraction of sp³-hybridized carbons (Fsp3) is 0. The van der Waals surface area contributed by atoms with Gasteiger partial charge in [0.15, 0.2) is 0 Å². The zero-order valence-electron chi connectivity index (χ0n) is 14.0. The minimum absolute atomic E-state index is 0.0682. The van der Waals surface area contributed by atoms with Crippen LogP contribution in [-0.4, -0.2) is 25.8 Å². The summed E-state index contributed by atoms with van der Waals surface area (Å²) in [5, 5.41) is 14.1. The molecule has 0 atom stereocenters. The molecule has 140 valence electrons. The summed E-state index contributed by atoms with van der Waals surface area (Å²) in [7, 11) is 0. The third-order valence-electron chi connectivity index (χ3n) is 3.89. The highest BCUT2D eigenvalue weighted by Crippen LogP contribution is 2.27. The van der Waals surface area contributed by atoms with Crippen molar-refractivity contribution in [2.75, 3.05) is 5.43 Å². The maximum absolute atomic E-state index is 12.4. The number of H-pyrrole nitrogens is 1. The summed E-state index contributed by atoms with van der Waals surface area (Å²) in [6, 6.07) is 9.52. The summed E-state index contributed by atoms with van der Waals surface area (Å²) in [5.74, 6) is -0.478. The van der Waals surface area contributed by atoms with Gasteiger partial charge in [-0.2, -0.15) is 0 Å². The van der Waals surface area contributed by atoms with Crippen molar-refractivity contribution in [3.8, 4) is 11.3 Å². The molecule has 1 aromatic carbocycles. The number of anilines is 1. The van der Waals surface area contributed by atoms with E-state index in [1.807, 2.05) is 5.38 Å². The Hall–Kier alpha value is -3.50. The number of nitro groups is 1. The number of pyridine rings is 1. The van der Waals surface area contributed by atoms with Gasteiger partial charge in [-0.15, -0.1) is 11.3 Å². The van der Waals surface area contributed by atoms with Crippen LogP contribution < -0.4 is 10.9 Å². The number of nitrogens with zero attached hydrogens (tertiary/aromatic N) is 3. The van der Waals surface area contributed by atoms with Crippen molar-refractivity contribution >= 4 is 50.6 Å². The minimum Gasteiger partial charge on any atom is -0.350 e. The van der Waals surface area contributed by atoms with Gasteiger partial charge in [0.2, 0.25) is 5.13 Å². The smallest absolute Gasteiger partial charge is 0.286 e. The van der Waals surface area contributed by atoms with E-state index < -0.39 is 10.8 Å². The number of aromatic nitrogens is 3. The Labute approximate surface area is 166 Å². The van der Waals surface area contributed by atoms with Gasteiger partial charge in [-0.3, -0.25) is 25.8 Å². The van der Waals surface area contributed by atoms with Gasteiger partial charge in [-0.1, -0.05) is 17.7 Å². The molecule has 4 rings (SSSR count). The number of amides is 1. The molecule has 0 spiro atoms. The van der Waals surface area contributed by atoms with E-state index in [4.69, 9.17) is 11.6 Å². The van der Waals surface area contributed by atoms with E-state index in [9.17, 15) is 14.9 Å². The van der Waals surface area contributed by atoms with Gasteiger partial charge in [0, 0.05) is 23.2 Å².